The van der Waals surface area contributed by atoms with Crippen LogP contribution in [0.25, 0.3) is 5.00 Å². The van der Waals surface area contributed by atoms with Crippen LogP contribution in [-0.4, -0.2) is 38.7 Å². The predicted octanol–water partition coefficient (Wildman–Crippen LogP) is 3.33. The SMILES string of the molecule is Cc1ccc(C(=O)N2CCC(Cc3n[nH]c(=O)n3-c3cccs3)CC2)cc1C. The Bertz CT molecular complexity index is 1030. The second kappa shape index (κ2) is 7.75. The zero-order chi connectivity index (χ0) is 19.7. The summed E-state index contributed by atoms with van der Waals surface area (Å²) >= 11 is 1.53. The van der Waals surface area contributed by atoms with Gasteiger partial charge in [-0.1, -0.05) is 6.07 Å². The zero-order valence-corrected chi connectivity index (χ0v) is 17.0. The van der Waals surface area contributed by atoms with E-state index in [1.807, 2.05) is 47.5 Å². The first-order valence-corrected chi connectivity index (χ1v) is 10.5. The summed E-state index contributed by atoms with van der Waals surface area (Å²) in [6.45, 7) is 5.57. The van der Waals surface area contributed by atoms with Gasteiger partial charge in [-0.05, 0) is 73.4 Å². The van der Waals surface area contributed by atoms with Gasteiger partial charge < -0.3 is 4.90 Å². The second-order valence-corrected chi connectivity index (χ2v) is 8.40. The topological polar surface area (TPSA) is 71.0 Å². The van der Waals surface area contributed by atoms with Crippen molar-refractivity contribution in [1.29, 1.82) is 0 Å². The van der Waals surface area contributed by atoms with Gasteiger partial charge in [-0.15, -0.1) is 11.3 Å². The smallest absolute Gasteiger partial charge is 0.339 e. The number of aromatic nitrogens is 3. The van der Waals surface area contributed by atoms with Gasteiger partial charge >= 0.3 is 5.69 Å². The summed E-state index contributed by atoms with van der Waals surface area (Å²) in [4.78, 5) is 26.9. The van der Waals surface area contributed by atoms with E-state index in [9.17, 15) is 9.59 Å². The number of aryl methyl sites for hydroxylation is 2. The van der Waals surface area contributed by atoms with Crippen molar-refractivity contribution < 1.29 is 4.79 Å². The number of carbonyl (C=O) groups excluding carboxylic acids is 1. The third kappa shape index (κ3) is 3.67. The number of thiophene rings is 1. The summed E-state index contributed by atoms with van der Waals surface area (Å²) in [5.41, 5.74) is 2.91. The fourth-order valence-corrected chi connectivity index (χ4v) is 4.49. The van der Waals surface area contributed by atoms with Crippen LogP contribution in [0.5, 0.6) is 0 Å². The van der Waals surface area contributed by atoms with E-state index in [4.69, 9.17) is 0 Å². The maximum atomic E-state index is 12.8. The van der Waals surface area contributed by atoms with Gasteiger partial charge in [0.1, 0.15) is 10.8 Å². The van der Waals surface area contributed by atoms with Gasteiger partial charge in [0.25, 0.3) is 5.91 Å². The molecule has 0 unspecified atom stereocenters. The normalized spacial score (nSPS) is 15.1. The Kier molecular flexibility index (Phi) is 5.17. The van der Waals surface area contributed by atoms with Gasteiger partial charge in [0.05, 0.1) is 0 Å². The summed E-state index contributed by atoms with van der Waals surface area (Å²) in [5, 5.41) is 9.65. The molecule has 0 radical (unpaired) electrons. The van der Waals surface area contributed by atoms with Crippen LogP contribution in [0.4, 0.5) is 0 Å². The molecular formula is C21H24N4O2S. The van der Waals surface area contributed by atoms with E-state index >= 15 is 0 Å². The number of aromatic amines is 1. The van der Waals surface area contributed by atoms with E-state index in [0.717, 1.165) is 54.3 Å². The number of carbonyl (C=O) groups is 1. The largest absolute Gasteiger partial charge is 0.348 e. The Morgan fingerprint density at radius 2 is 2.00 bits per heavy atom. The van der Waals surface area contributed by atoms with Gasteiger partial charge in [0, 0.05) is 25.1 Å². The molecule has 4 rings (SSSR count). The lowest BCUT2D eigenvalue weighted by atomic mass is 9.92. The molecule has 0 aliphatic carbocycles. The van der Waals surface area contributed by atoms with Crippen LogP contribution in [0.1, 0.15) is 40.2 Å². The van der Waals surface area contributed by atoms with Gasteiger partial charge in [0.15, 0.2) is 0 Å². The molecule has 146 valence electrons. The monoisotopic (exact) mass is 396 g/mol. The maximum Gasteiger partial charge on any atom is 0.348 e. The van der Waals surface area contributed by atoms with Crippen LogP contribution < -0.4 is 5.69 Å². The van der Waals surface area contributed by atoms with Crippen molar-refractivity contribution in [3.63, 3.8) is 0 Å². The zero-order valence-electron chi connectivity index (χ0n) is 16.1. The first-order chi connectivity index (χ1) is 13.5. The van der Waals surface area contributed by atoms with E-state index in [1.165, 1.54) is 16.9 Å². The Morgan fingerprint density at radius 1 is 1.21 bits per heavy atom. The number of rotatable bonds is 4. The highest BCUT2D eigenvalue weighted by atomic mass is 32.1. The number of nitrogens with one attached hydrogen (secondary N) is 1. The molecule has 2 aromatic heterocycles. The maximum absolute atomic E-state index is 12.8. The number of hydrogen-bond donors (Lipinski definition) is 1. The van der Waals surface area contributed by atoms with E-state index < -0.39 is 0 Å². The lowest BCUT2D eigenvalue weighted by molar-refractivity contribution is 0.0689. The third-order valence-corrected chi connectivity index (χ3v) is 6.45. The van der Waals surface area contributed by atoms with Crippen molar-refractivity contribution >= 4 is 17.2 Å². The molecule has 28 heavy (non-hydrogen) atoms. The molecule has 3 aromatic rings. The molecule has 1 fully saturated rings. The molecule has 0 spiro atoms. The highest BCUT2D eigenvalue weighted by molar-refractivity contribution is 7.12. The van der Waals surface area contributed by atoms with Crippen LogP contribution in [-0.2, 0) is 6.42 Å². The number of amides is 1. The molecule has 1 aromatic carbocycles. The molecular weight excluding hydrogens is 372 g/mol. The quantitative estimate of drug-likeness (QED) is 0.735. The van der Waals surface area contributed by atoms with Crippen molar-refractivity contribution in [2.24, 2.45) is 5.92 Å². The minimum atomic E-state index is -0.195. The van der Waals surface area contributed by atoms with Crippen molar-refractivity contribution in [1.82, 2.24) is 19.7 Å². The van der Waals surface area contributed by atoms with Gasteiger partial charge in [-0.3, -0.25) is 4.79 Å². The molecule has 1 saturated heterocycles. The summed E-state index contributed by atoms with van der Waals surface area (Å²) in [5.74, 6) is 1.29. The van der Waals surface area contributed by atoms with Crippen molar-refractivity contribution in [3.8, 4) is 5.00 Å². The standard InChI is InChI=1S/C21H24N4O2S/c1-14-5-6-17(12-15(14)2)20(26)24-9-7-16(8-10-24)13-18-22-23-21(27)25(18)19-4-3-11-28-19/h3-6,11-12,16H,7-10,13H2,1-2H3,(H,23,27). The highest BCUT2D eigenvalue weighted by Gasteiger charge is 2.25. The number of hydrogen-bond acceptors (Lipinski definition) is 4. The van der Waals surface area contributed by atoms with Crippen molar-refractivity contribution in [2.75, 3.05) is 13.1 Å². The van der Waals surface area contributed by atoms with Gasteiger partial charge in [0.2, 0.25) is 0 Å². The van der Waals surface area contributed by atoms with Crippen molar-refractivity contribution in [3.05, 3.63) is 68.7 Å². The average Bonchev–Trinajstić information content (AvgIpc) is 3.34. The highest BCUT2D eigenvalue weighted by Crippen LogP contribution is 2.24. The van der Waals surface area contributed by atoms with Crippen LogP contribution in [0.15, 0.2) is 40.5 Å². The summed E-state index contributed by atoms with van der Waals surface area (Å²) < 4.78 is 1.66. The number of benzene rings is 1. The van der Waals surface area contributed by atoms with E-state index in [1.54, 1.807) is 4.57 Å². The van der Waals surface area contributed by atoms with Crippen LogP contribution in [0.2, 0.25) is 0 Å². The molecule has 1 aliphatic heterocycles. The lowest BCUT2D eigenvalue weighted by Crippen LogP contribution is -2.39. The Morgan fingerprint density at radius 3 is 2.68 bits per heavy atom. The fraction of sp³-hybridized carbons (Fsp3) is 0.381. The Labute approximate surface area is 167 Å². The first kappa shape index (κ1) is 18.7. The number of piperidine rings is 1. The number of nitrogens with zero attached hydrogens (tertiary/aromatic N) is 3. The van der Waals surface area contributed by atoms with E-state index in [-0.39, 0.29) is 11.6 Å². The molecule has 7 heteroatoms. The molecule has 0 bridgehead atoms. The van der Waals surface area contributed by atoms with E-state index in [2.05, 4.69) is 17.1 Å². The van der Waals surface area contributed by atoms with E-state index in [0.29, 0.717) is 5.92 Å². The van der Waals surface area contributed by atoms with Gasteiger partial charge in [-0.2, -0.15) is 5.10 Å². The average molecular weight is 397 g/mol. The number of likely N-dealkylation sites (tertiary alicyclic amines) is 1. The summed E-state index contributed by atoms with van der Waals surface area (Å²) in [6.07, 6.45) is 2.58. The molecule has 3 heterocycles. The van der Waals surface area contributed by atoms with Crippen LogP contribution >= 0.6 is 11.3 Å². The molecule has 6 nitrogen and oxygen atoms in total. The predicted molar refractivity (Wildman–Crippen MR) is 110 cm³/mol. The first-order valence-electron chi connectivity index (χ1n) is 9.59. The van der Waals surface area contributed by atoms with Gasteiger partial charge in [-0.25, -0.2) is 14.5 Å². The lowest BCUT2D eigenvalue weighted by Gasteiger charge is -2.32. The molecule has 1 aliphatic rings. The molecule has 1 N–H and O–H groups in total. The Balaban J connectivity index is 1.41. The molecule has 0 atom stereocenters. The van der Waals surface area contributed by atoms with Crippen LogP contribution in [0.3, 0.4) is 0 Å². The minimum absolute atomic E-state index is 0.108. The van der Waals surface area contributed by atoms with Crippen LogP contribution in [0, 0.1) is 19.8 Å². The third-order valence-electron chi connectivity index (χ3n) is 5.60. The summed E-state index contributed by atoms with van der Waals surface area (Å²) in [6, 6.07) is 9.76. The summed E-state index contributed by atoms with van der Waals surface area (Å²) in [7, 11) is 0. The minimum Gasteiger partial charge on any atom is -0.339 e. The number of H-pyrrole nitrogens is 1. The molecule has 1 amide bonds. The Hall–Kier alpha value is -2.67. The molecule has 0 saturated carbocycles. The fourth-order valence-electron chi connectivity index (χ4n) is 3.75. The second-order valence-electron chi connectivity index (χ2n) is 7.47. The van der Waals surface area contributed by atoms with Crippen molar-refractivity contribution in [2.45, 2.75) is 33.1 Å².